The number of halogens is 1. The predicted octanol–water partition coefficient (Wildman–Crippen LogP) is -2.38. The molecule has 1 heterocycles. The van der Waals surface area contributed by atoms with Crippen LogP contribution in [0.15, 0.2) is 24.3 Å². The Morgan fingerprint density at radius 1 is 0.879 bits per heavy atom. The lowest BCUT2D eigenvalue weighted by molar-refractivity contribution is -0.145. The summed E-state index contributed by atoms with van der Waals surface area (Å²) in [5.41, 5.74) is 9.68. The highest BCUT2D eigenvalue weighted by Gasteiger charge is 2.42. The lowest BCUT2D eigenvalue weighted by Crippen LogP contribution is -2.54. The van der Waals surface area contributed by atoms with E-state index < -0.39 is 66.9 Å². The molecule has 7 atom stereocenters. The van der Waals surface area contributed by atoms with Gasteiger partial charge in [-0.15, -0.1) is 0 Å². The smallest absolute Gasteiger partial charge is 0.243 e. The molecule has 1 aromatic carbocycles. The normalized spacial score (nSPS) is 16.0. The van der Waals surface area contributed by atoms with E-state index in [1.807, 2.05) is 13.8 Å². The summed E-state index contributed by atoms with van der Waals surface area (Å²) in [5, 5.41) is 17.6. The van der Waals surface area contributed by atoms with Crippen LogP contribution >= 0.6 is 15.9 Å². The van der Waals surface area contributed by atoms with Crippen molar-refractivity contribution >= 4 is 75.3 Å². The number of hydrogen-bond donors (Lipinski definition) is 9. The van der Waals surface area contributed by atoms with E-state index in [1.165, 1.54) is 19.1 Å². The summed E-state index contributed by atoms with van der Waals surface area (Å²) in [6.07, 6.45) is 1.64. The van der Waals surface area contributed by atoms with E-state index in [0.29, 0.717) is 37.9 Å². The van der Waals surface area contributed by atoms with E-state index >= 15 is 0 Å². The molecule has 0 radical (unpaired) electrons. The number of amides is 9. The van der Waals surface area contributed by atoms with Crippen molar-refractivity contribution in [3.63, 3.8) is 0 Å². The van der Waals surface area contributed by atoms with Crippen LogP contribution in [0.3, 0.4) is 0 Å². The summed E-state index contributed by atoms with van der Waals surface area (Å²) >= 11 is 2.97. The topological polar surface area (TPSA) is 310 Å². The van der Waals surface area contributed by atoms with Gasteiger partial charge in [0.15, 0.2) is 0 Å². The van der Waals surface area contributed by atoms with Gasteiger partial charge in [0.2, 0.25) is 53.7 Å². The largest absolute Gasteiger partial charge is 0.379 e. The van der Waals surface area contributed by atoms with Gasteiger partial charge in [-0.1, -0.05) is 55.3 Å². The number of nitrogens with zero attached hydrogens (tertiary/aromatic N) is 2. The molecule has 1 fully saturated rings. The van der Waals surface area contributed by atoms with Gasteiger partial charge in [-0.05, 0) is 42.9 Å². The van der Waals surface area contributed by atoms with Crippen LogP contribution in [-0.2, 0) is 63.9 Å². The molecule has 1 aliphatic heterocycles. The zero-order valence-corrected chi connectivity index (χ0v) is 40.2. The maximum Gasteiger partial charge on any atom is 0.243 e. The van der Waals surface area contributed by atoms with Gasteiger partial charge in [0.1, 0.15) is 13.3 Å². The van der Waals surface area contributed by atoms with Crippen LogP contribution in [0.5, 0.6) is 0 Å². The number of alkyl halides is 1. The third-order valence-corrected chi connectivity index (χ3v) is 11.6. The lowest BCUT2D eigenvalue weighted by Gasteiger charge is -2.39. The van der Waals surface area contributed by atoms with Gasteiger partial charge in [-0.3, -0.25) is 48.0 Å². The first-order valence-electron chi connectivity index (χ1n) is 21.7. The molecular formula is C42H68BrN11O12. The van der Waals surface area contributed by atoms with Crippen molar-refractivity contribution in [2.45, 2.75) is 83.2 Å². The minimum absolute atomic E-state index is 0.00112. The molecule has 7 unspecified atom stereocenters. The Hall–Kier alpha value is -5.27. The third kappa shape index (κ3) is 19.7. The average Bonchev–Trinajstić information content (AvgIpc) is 3.80. The number of carbonyl (C=O) groups excluding carboxylic acids is 9. The Bertz CT molecular complexity index is 1760. The highest BCUT2D eigenvalue weighted by atomic mass is 79.9. The second-order valence-electron chi connectivity index (χ2n) is 15.7. The molecule has 10 N–H and O–H groups in total. The van der Waals surface area contributed by atoms with E-state index in [0.717, 1.165) is 12.0 Å². The number of nitrogens with one attached hydrogen (secondary N) is 8. The van der Waals surface area contributed by atoms with Crippen molar-refractivity contribution in [1.29, 1.82) is 0 Å². The fraction of sp³-hybridized carbons (Fsp3) is 0.643. The molecule has 1 saturated heterocycles. The van der Waals surface area contributed by atoms with Crippen LogP contribution in [0.1, 0.15) is 52.0 Å². The Balaban J connectivity index is 1.86. The van der Waals surface area contributed by atoms with E-state index in [4.69, 9.17) is 20.0 Å². The standard InChI is InChI=1S/C42H68BrN11O12/c1-7-26(2)40(53(4)39(62)23-45-24-55)32(64-5)16-38(61)54-14-8-9-31(54)41(65-6)27(3)42(63)52-30(18-44)15-28-10-12-29(13-11-28)51-37(60)21-48-35(58)19-46-34(57)20-47-36(59)22-50-66-25-49-33(56)17-43/h10-13,24,26-27,30-32,40-41,50H,7-9,14-23,25,44H2,1-6H3,(H,45,55)(H,46,57)(H,47,59)(H,48,58)(H,49,56)(H,51,60)(H,52,63). The Morgan fingerprint density at radius 2 is 1.50 bits per heavy atom. The van der Waals surface area contributed by atoms with Crippen molar-refractivity contribution in [2.75, 3.05) is 84.5 Å². The van der Waals surface area contributed by atoms with E-state index in [9.17, 15) is 43.2 Å². The summed E-state index contributed by atoms with van der Waals surface area (Å²) in [5.74, 6) is -4.15. The summed E-state index contributed by atoms with van der Waals surface area (Å²) in [6, 6.07) is 5.59. The van der Waals surface area contributed by atoms with Crippen LogP contribution in [0.4, 0.5) is 5.69 Å². The molecule has 370 valence electrons. The van der Waals surface area contributed by atoms with Gasteiger partial charge in [-0.2, -0.15) is 5.48 Å². The third-order valence-electron chi connectivity index (χ3n) is 11.1. The van der Waals surface area contributed by atoms with Gasteiger partial charge in [0, 0.05) is 46.1 Å². The number of carbonyl (C=O) groups is 9. The number of nitrogens with two attached hydrogens (primary N) is 1. The second-order valence-corrected chi connectivity index (χ2v) is 16.3. The molecule has 2 rings (SSSR count). The number of hydroxylamine groups is 1. The number of rotatable bonds is 31. The second kappa shape index (κ2) is 30.8. The minimum Gasteiger partial charge on any atom is -0.379 e. The zero-order valence-electron chi connectivity index (χ0n) is 38.6. The fourth-order valence-electron chi connectivity index (χ4n) is 7.37. The van der Waals surface area contributed by atoms with Gasteiger partial charge >= 0.3 is 0 Å². The maximum absolute atomic E-state index is 14.0. The number of benzene rings is 1. The number of ether oxygens (including phenoxy) is 2. The van der Waals surface area contributed by atoms with E-state index in [1.54, 1.807) is 43.1 Å². The maximum atomic E-state index is 14.0. The van der Waals surface area contributed by atoms with Gasteiger partial charge < -0.3 is 62.2 Å². The van der Waals surface area contributed by atoms with E-state index in [2.05, 4.69) is 58.6 Å². The van der Waals surface area contributed by atoms with Crippen molar-refractivity contribution in [3.8, 4) is 0 Å². The molecular weight excluding hydrogens is 930 g/mol. The highest BCUT2D eigenvalue weighted by molar-refractivity contribution is 9.09. The van der Waals surface area contributed by atoms with E-state index in [-0.39, 0.29) is 80.2 Å². The van der Waals surface area contributed by atoms with Crippen molar-refractivity contribution in [2.24, 2.45) is 17.6 Å². The number of methoxy groups -OCH3 is 2. The number of hydrogen-bond acceptors (Lipinski definition) is 14. The van der Waals surface area contributed by atoms with Crippen LogP contribution in [-0.4, -0.2) is 173 Å². The minimum atomic E-state index is -0.661. The predicted molar refractivity (Wildman–Crippen MR) is 245 cm³/mol. The van der Waals surface area contributed by atoms with Crippen molar-refractivity contribution in [1.82, 2.24) is 47.2 Å². The lowest BCUT2D eigenvalue weighted by atomic mass is 9.90. The average molecular weight is 999 g/mol. The van der Waals surface area contributed by atoms with Crippen molar-refractivity contribution < 1.29 is 57.5 Å². The highest BCUT2D eigenvalue weighted by Crippen LogP contribution is 2.29. The van der Waals surface area contributed by atoms with Gasteiger partial charge in [0.05, 0.1) is 68.1 Å². The molecule has 66 heavy (non-hydrogen) atoms. The van der Waals surface area contributed by atoms with Crippen LogP contribution in [0.25, 0.3) is 0 Å². The summed E-state index contributed by atoms with van der Waals surface area (Å²) in [7, 11) is 4.66. The molecule has 0 spiro atoms. The van der Waals surface area contributed by atoms with Crippen LogP contribution < -0.4 is 48.4 Å². The number of anilines is 1. The van der Waals surface area contributed by atoms with Gasteiger partial charge in [0.25, 0.3) is 0 Å². The molecule has 1 aliphatic rings. The summed E-state index contributed by atoms with van der Waals surface area (Å²) in [4.78, 5) is 119. The molecule has 23 nitrogen and oxygen atoms in total. The first-order valence-corrected chi connectivity index (χ1v) is 22.8. The molecule has 1 aromatic rings. The zero-order chi connectivity index (χ0) is 49.2. The van der Waals surface area contributed by atoms with Crippen LogP contribution in [0.2, 0.25) is 0 Å². The summed E-state index contributed by atoms with van der Waals surface area (Å²) < 4.78 is 11.7. The Morgan fingerprint density at radius 3 is 2.06 bits per heavy atom. The fourth-order valence-corrected chi connectivity index (χ4v) is 7.57. The first-order chi connectivity index (χ1) is 31.5. The Kier molecular flexibility index (Phi) is 26.6. The number of likely N-dealkylation sites (tertiary alicyclic amines) is 1. The molecule has 0 aliphatic carbocycles. The van der Waals surface area contributed by atoms with Crippen molar-refractivity contribution in [3.05, 3.63) is 29.8 Å². The molecule has 0 saturated carbocycles. The number of likely N-dealkylation sites (N-methyl/N-ethyl adjacent to an activating group) is 1. The monoisotopic (exact) mass is 997 g/mol. The Labute approximate surface area is 393 Å². The molecule has 24 heteroatoms. The van der Waals surface area contributed by atoms with Crippen LogP contribution in [0, 0.1) is 11.8 Å². The molecule has 0 aromatic heterocycles. The summed E-state index contributed by atoms with van der Waals surface area (Å²) in [6.45, 7) is 4.46. The quantitative estimate of drug-likeness (QED) is 0.0123. The molecule has 0 bridgehead atoms. The molecule has 9 amide bonds. The SMILES string of the molecule is CCC(C)C(C(CC(=O)N1CCCC1C(OC)C(C)C(=O)NC(CN)Cc1ccc(NC(=O)CNC(=O)CNC(=O)CNC(=O)CNOCNC(=O)CBr)cc1)OC)N(C)C(=O)CNC=O. The first kappa shape index (κ1) is 56.9. The van der Waals surface area contributed by atoms with Gasteiger partial charge in [-0.25, -0.2) is 0 Å².